The minimum Gasteiger partial charge on any atom is -0.465 e. The Morgan fingerprint density at radius 1 is 1.14 bits per heavy atom. The van der Waals surface area contributed by atoms with Crippen LogP contribution in [0.3, 0.4) is 0 Å². The molecule has 2 fully saturated rings. The number of rotatable bonds is 2. The predicted molar refractivity (Wildman–Crippen MR) is 78.3 cm³/mol. The number of piperidine rings is 1. The van der Waals surface area contributed by atoms with Crippen molar-refractivity contribution in [2.45, 2.75) is 19.3 Å². The predicted octanol–water partition coefficient (Wildman–Crippen LogP) is 1.72. The third-order valence-electron chi connectivity index (χ3n) is 4.81. The zero-order valence-electron chi connectivity index (χ0n) is 12.1. The molecule has 1 heterocycles. The highest BCUT2D eigenvalue weighted by Crippen LogP contribution is 2.59. The molecule has 1 aromatic carbocycles. The fraction of sp³-hybridized carbons (Fsp3) is 0.438. The molecule has 6 heteroatoms. The lowest BCUT2D eigenvalue weighted by atomic mass is 9.91. The first-order valence-corrected chi connectivity index (χ1v) is 7.40. The zero-order chi connectivity index (χ0) is 15.7. The van der Waals surface area contributed by atoms with Crippen LogP contribution in [-0.2, 0) is 4.79 Å². The van der Waals surface area contributed by atoms with Crippen LogP contribution >= 0.6 is 0 Å². The van der Waals surface area contributed by atoms with Crippen molar-refractivity contribution >= 4 is 17.9 Å². The van der Waals surface area contributed by atoms with Gasteiger partial charge in [0, 0.05) is 24.6 Å². The van der Waals surface area contributed by atoms with Gasteiger partial charge in [-0.1, -0.05) is 18.2 Å². The Balaban J connectivity index is 1.55. The summed E-state index contributed by atoms with van der Waals surface area (Å²) in [5.74, 6) is -0.788. The summed E-state index contributed by atoms with van der Waals surface area (Å²) in [5.41, 5.74) is 0.360. The van der Waals surface area contributed by atoms with Gasteiger partial charge < -0.3 is 10.0 Å². The summed E-state index contributed by atoms with van der Waals surface area (Å²) in [7, 11) is 0. The number of nitrogens with one attached hydrogen (secondary N) is 1. The molecule has 0 radical (unpaired) electrons. The Bertz CT molecular complexity index is 606. The molecule has 0 bridgehead atoms. The molecule has 22 heavy (non-hydrogen) atoms. The van der Waals surface area contributed by atoms with E-state index in [9.17, 15) is 14.4 Å². The minimum absolute atomic E-state index is 0.104. The van der Waals surface area contributed by atoms with Crippen LogP contribution in [0.2, 0.25) is 0 Å². The van der Waals surface area contributed by atoms with Crippen LogP contribution in [0.4, 0.5) is 4.79 Å². The molecule has 1 aliphatic heterocycles. The van der Waals surface area contributed by atoms with Crippen LogP contribution in [0.25, 0.3) is 0 Å². The molecule has 3 amide bonds. The van der Waals surface area contributed by atoms with E-state index < -0.39 is 6.09 Å². The van der Waals surface area contributed by atoms with E-state index in [2.05, 4.69) is 5.32 Å². The van der Waals surface area contributed by atoms with E-state index in [1.165, 1.54) is 4.90 Å². The largest absolute Gasteiger partial charge is 0.465 e. The number of likely N-dealkylation sites (tertiary alicyclic amines) is 1. The SMILES string of the molecule is O=C(NC(=O)C1CC12CCN(C(=O)O)CC2)c1ccccc1. The van der Waals surface area contributed by atoms with Crippen molar-refractivity contribution < 1.29 is 19.5 Å². The van der Waals surface area contributed by atoms with Crippen LogP contribution in [0.5, 0.6) is 0 Å². The van der Waals surface area contributed by atoms with E-state index in [1.807, 2.05) is 6.07 Å². The summed E-state index contributed by atoms with van der Waals surface area (Å²) in [5, 5.41) is 11.4. The fourth-order valence-corrected chi connectivity index (χ4v) is 3.28. The van der Waals surface area contributed by atoms with Crippen molar-refractivity contribution in [2.75, 3.05) is 13.1 Å². The number of imide groups is 1. The maximum Gasteiger partial charge on any atom is 0.407 e. The van der Waals surface area contributed by atoms with Gasteiger partial charge in [0.15, 0.2) is 0 Å². The zero-order valence-corrected chi connectivity index (χ0v) is 12.1. The van der Waals surface area contributed by atoms with E-state index in [0.29, 0.717) is 31.5 Å². The standard InChI is InChI=1S/C16H18N2O4/c19-13(11-4-2-1-3-5-11)17-14(20)12-10-16(12)6-8-18(9-7-16)15(21)22/h1-5,12H,6-10H2,(H,21,22)(H,17,19,20). The Labute approximate surface area is 128 Å². The second-order valence-corrected chi connectivity index (χ2v) is 6.07. The molecule has 1 spiro atoms. The third-order valence-corrected chi connectivity index (χ3v) is 4.81. The van der Waals surface area contributed by atoms with Crippen LogP contribution in [0.1, 0.15) is 29.6 Å². The average Bonchev–Trinajstić information content (AvgIpc) is 3.22. The van der Waals surface area contributed by atoms with Crippen molar-refractivity contribution in [1.29, 1.82) is 0 Å². The summed E-state index contributed by atoms with van der Waals surface area (Å²) in [6.45, 7) is 0.928. The number of amides is 3. The van der Waals surface area contributed by atoms with Gasteiger partial charge in [-0.3, -0.25) is 14.9 Å². The molecular weight excluding hydrogens is 284 g/mol. The molecule has 1 unspecified atom stereocenters. The summed E-state index contributed by atoms with van der Waals surface area (Å²) >= 11 is 0. The van der Waals surface area contributed by atoms with E-state index in [1.54, 1.807) is 24.3 Å². The molecule has 1 saturated carbocycles. The maximum atomic E-state index is 12.2. The van der Waals surface area contributed by atoms with Gasteiger partial charge in [-0.25, -0.2) is 4.79 Å². The first-order valence-electron chi connectivity index (χ1n) is 7.40. The number of benzene rings is 1. The number of carbonyl (C=O) groups is 3. The molecule has 2 aliphatic rings. The van der Waals surface area contributed by atoms with E-state index >= 15 is 0 Å². The quantitative estimate of drug-likeness (QED) is 0.814. The molecule has 1 atom stereocenters. The Morgan fingerprint density at radius 3 is 2.36 bits per heavy atom. The Hall–Kier alpha value is -2.37. The summed E-state index contributed by atoms with van der Waals surface area (Å²) in [6.07, 6.45) is 1.22. The molecule has 3 rings (SSSR count). The number of hydrogen-bond acceptors (Lipinski definition) is 3. The van der Waals surface area contributed by atoms with Gasteiger partial charge in [0.25, 0.3) is 5.91 Å². The topological polar surface area (TPSA) is 86.7 Å². The van der Waals surface area contributed by atoms with Gasteiger partial charge in [-0.15, -0.1) is 0 Å². The fourth-order valence-electron chi connectivity index (χ4n) is 3.28. The number of carbonyl (C=O) groups excluding carboxylic acids is 2. The minimum atomic E-state index is -0.907. The van der Waals surface area contributed by atoms with Gasteiger partial charge in [0.2, 0.25) is 5.91 Å². The van der Waals surface area contributed by atoms with Crippen LogP contribution in [-0.4, -0.2) is 41.0 Å². The highest BCUT2D eigenvalue weighted by Gasteiger charge is 2.59. The first kappa shape index (κ1) is 14.6. The van der Waals surface area contributed by atoms with Crippen LogP contribution < -0.4 is 5.32 Å². The Morgan fingerprint density at radius 2 is 1.77 bits per heavy atom. The maximum absolute atomic E-state index is 12.2. The number of nitrogens with zero attached hydrogens (tertiary/aromatic N) is 1. The molecule has 1 aromatic rings. The van der Waals surface area contributed by atoms with Crippen molar-refractivity contribution in [1.82, 2.24) is 10.2 Å². The lowest BCUT2D eigenvalue weighted by Crippen LogP contribution is -2.40. The Kier molecular flexibility index (Phi) is 3.60. The lowest BCUT2D eigenvalue weighted by molar-refractivity contribution is -0.122. The third kappa shape index (κ3) is 2.68. The summed E-state index contributed by atoms with van der Waals surface area (Å²) < 4.78 is 0. The smallest absolute Gasteiger partial charge is 0.407 e. The lowest BCUT2D eigenvalue weighted by Gasteiger charge is -2.30. The van der Waals surface area contributed by atoms with E-state index in [4.69, 9.17) is 5.11 Å². The second kappa shape index (κ2) is 5.44. The van der Waals surface area contributed by atoms with Crippen molar-refractivity contribution in [3.8, 4) is 0 Å². The normalized spacial score (nSPS) is 22.2. The summed E-state index contributed by atoms with van der Waals surface area (Å²) in [6, 6.07) is 8.64. The highest BCUT2D eigenvalue weighted by molar-refractivity contribution is 6.06. The van der Waals surface area contributed by atoms with Gasteiger partial charge in [-0.05, 0) is 36.8 Å². The van der Waals surface area contributed by atoms with E-state index in [0.717, 1.165) is 6.42 Å². The average molecular weight is 302 g/mol. The van der Waals surface area contributed by atoms with Crippen molar-refractivity contribution in [3.05, 3.63) is 35.9 Å². The molecule has 1 aliphatic carbocycles. The van der Waals surface area contributed by atoms with Gasteiger partial charge in [-0.2, -0.15) is 0 Å². The molecule has 6 nitrogen and oxygen atoms in total. The number of carboxylic acid groups (broad SMARTS) is 1. The van der Waals surface area contributed by atoms with Crippen LogP contribution in [0.15, 0.2) is 30.3 Å². The van der Waals surface area contributed by atoms with Crippen molar-refractivity contribution in [3.63, 3.8) is 0 Å². The second-order valence-electron chi connectivity index (χ2n) is 6.07. The molecule has 116 valence electrons. The highest BCUT2D eigenvalue weighted by atomic mass is 16.4. The molecule has 2 N–H and O–H groups in total. The molecule has 0 aromatic heterocycles. The summed E-state index contributed by atoms with van der Waals surface area (Å²) in [4.78, 5) is 36.5. The number of hydrogen-bond donors (Lipinski definition) is 2. The molecular formula is C16H18N2O4. The monoisotopic (exact) mass is 302 g/mol. The van der Waals surface area contributed by atoms with Gasteiger partial charge in [0.05, 0.1) is 0 Å². The van der Waals surface area contributed by atoms with Crippen molar-refractivity contribution in [2.24, 2.45) is 11.3 Å². The van der Waals surface area contributed by atoms with Gasteiger partial charge in [0.1, 0.15) is 0 Å². The molecule has 1 saturated heterocycles. The van der Waals surface area contributed by atoms with E-state index in [-0.39, 0.29) is 23.1 Å². The van der Waals surface area contributed by atoms with Gasteiger partial charge >= 0.3 is 6.09 Å². The van der Waals surface area contributed by atoms with Crippen LogP contribution in [0, 0.1) is 11.3 Å². The first-order chi connectivity index (χ1) is 10.5.